The molecule has 0 aliphatic carbocycles. The summed E-state index contributed by atoms with van der Waals surface area (Å²) in [5, 5.41) is 13.0. The van der Waals surface area contributed by atoms with Gasteiger partial charge in [0.1, 0.15) is 0 Å². The van der Waals surface area contributed by atoms with Gasteiger partial charge in [0.25, 0.3) is 5.91 Å². The van der Waals surface area contributed by atoms with Crippen LogP contribution in [0.15, 0.2) is 46.3 Å². The number of carbonyl (C=O) groups is 1. The molecule has 1 saturated heterocycles. The van der Waals surface area contributed by atoms with Crippen LogP contribution in [0.5, 0.6) is 11.5 Å². The van der Waals surface area contributed by atoms with Crippen LogP contribution < -0.4 is 10.1 Å². The Balaban J connectivity index is 1.75. The van der Waals surface area contributed by atoms with Crippen LogP contribution in [0.3, 0.4) is 0 Å². The van der Waals surface area contributed by atoms with E-state index in [2.05, 4.69) is 42.4 Å². The summed E-state index contributed by atoms with van der Waals surface area (Å²) in [6, 6.07) is 11.3. The number of nitrogens with zero attached hydrogens (tertiary/aromatic N) is 1. The first kappa shape index (κ1) is 18.1. The summed E-state index contributed by atoms with van der Waals surface area (Å²) < 4.78 is 5.09. The number of nitrogens with one attached hydrogen (secondary N) is 1. The normalized spacial score (nSPS) is 17.0. The number of phenols is 1. The van der Waals surface area contributed by atoms with E-state index in [1.165, 1.54) is 36.1 Å². The van der Waals surface area contributed by atoms with E-state index in [-0.39, 0.29) is 11.7 Å². The van der Waals surface area contributed by atoms with Crippen molar-refractivity contribution in [3.63, 3.8) is 0 Å². The predicted molar refractivity (Wildman–Crippen MR) is 105 cm³/mol. The molecule has 5 nitrogen and oxygen atoms in total. The largest absolute Gasteiger partial charge is 0.504 e. The zero-order valence-corrected chi connectivity index (χ0v) is 15.7. The van der Waals surface area contributed by atoms with Crippen LogP contribution in [0.4, 0.5) is 0 Å². The number of phenolic OH excluding ortho intramolecular Hbond substituents is 1. The molecule has 1 aliphatic rings. The molecule has 0 radical (unpaired) electrons. The maximum absolute atomic E-state index is 12.2. The third kappa shape index (κ3) is 4.26. The summed E-state index contributed by atoms with van der Waals surface area (Å²) in [5.41, 5.74) is 4.29. The molecule has 1 heterocycles. The first-order valence-corrected chi connectivity index (χ1v) is 8.96. The molecule has 0 saturated carbocycles. The van der Waals surface area contributed by atoms with Crippen molar-refractivity contribution >= 4 is 28.9 Å². The van der Waals surface area contributed by atoms with E-state index in [0.29, 0.717) is 22.4 Å². The van der Waals surface area contributed by atoms with Gasteiger partial charge in [-0.2, -0.15) is 0 Å². The molecular formula is C20H20N2O3S. The number of rotatable bonds is 4. The van der Waals surface area contributed by atoms with Gasteiger partial charge in [-0.1, -0.05) is 35.4 Å². The minimum atomic E-state index is -0.179. The highest BCUT2D eigenvalue weighted by molar-refractivity contribution is 8.18. The standard InChI is InChI=1S/C20H20N2O3S/c1-12-6-13(2)8-15(7-12)11-21-20-22-19(24)18(26-20)10-14-4-5-16(23)17(9-14)25-3/h4-10,23H,11H2,1-3H3,(H,21,22,24)/b18-10-. The second-order valence-corrected chi connectivity index (χ2v) is 7.14. The molecule has 6 heteroatoms. The van der Waals surface area contributed by atoms with Gasteiger partial charge in [-0.15, -0.1) is 0 Å². The predicted octanol–water partition coefficient (Wildman–Crippen LogP) is 3.78. The summed E-state index contributed by atoms with van der Waals surface area (Å²) in [6.45, 7) is 4.64. The van der Waals surface area contributed by atoms with Gasteiger partial charge in [-0.3, -0.25) is 9.79 Å². The summed E-state index contributed by atoms with van der Waals surface area (Å²) in [6.07, 6.45) is 1.75. The second kappa shape index (κ2) is 7.66. The summed E-state index contributed by atoms with van der Waals surface area (Å²) in [5.74, 6) is 0.251. The monoisotopic (exact) mass is 368 g/mol. The Kier molecular flexibility index (Phi) is 5.32. The summed E-state index contributed by atoms with van der Waals surface area (Å²) >= 11 is 1.31. The van der Waals surface area contributed by atoms with E-state index in [1.54, 1.807) is 18.2 Å². The van der Waals surface area contributed by atoms with Crippen LogP contribution in [0, 0.1) is 13.8 Å². The molecule has 0 aromatic heterocycles. The molecule has 2 aromatic carbocycles. The summed E-state index contributed by atoms with van der Waals surface area (Å²) in [7, 11) is 1.49. The number of methoxy groups -OCH3 is 1. The highest BCUT2D eigenvalue weighted by Gasteiger charge is 2.23. The van der Waals surface area contributed by atoms with Crippen molar-refractivity contribution in [3.05, 3.63) is 63.6 Å². The lowest BCUT2D eigenvalue weighted by molar-refractivity contribution is -0.115. The maximum atomic E-state index is 12.2. The molecule has 26 heavy (non-hydrogen) atoms. The molecule has 0 spiro atoms. The van der Waals surface area contributed by atoms with Crippen LogP contribution in [-0.4, -0.2) is 23.3 Å². The number of amidine groups is 1. The second-order valence-electron chi connectivity index (χ2n) is 6.11. The quantitative estimate of drug-likeness (QED) is 0.806. The Hall–Kier alpha value is -2.73. The third-order valence-electron chi connectivity index (χ3n) is 3.84. The maximum Gasteiger partial charge on any atom is 0.264 e. The lowest BCUT2D eigenvalue weighted by Gasteiger charge is -2.04. The molecule has 1 aliphatic heterocycles. The van der Waals surface area contributed by atoms with Gasteiger partial charge in [0.2, 0.25) is 0 Å². The molecule has 1 amide bonds. The first-order valence-electron chi connectivity index (χ1n) is 8.14. The third-order valence-corrected chi connectivity index (χ3v) is 4.79. The van der Waals surface area contributed by atoms with Crippen molar-refractivity contribution in [3.8, 4) is 11.5 Å². The van der Waals surface area contributed by atoms with Crippen LogP contribution >= 0.6 is 11.8 Å². The minimum absolute atomic E-state index is 0.0638. The smallest absolute Gasteiger partial charge is 0.264 e. The molecule has 1 fully saturated rings. The SMILES string of the molecule is COc1cc(/C=C2\SC(=NCc3cc(C)cc(C)c3)NC2=O)ccc1O. The fourth-order valence-corrected chi connectivity index (χ4v) is 3.58. The number of aromatic hydroxyl groups is 1. The zero-order valence-electron chi connectivity index (χ0n) is 14.9. The van der Waals surface area contributed by atoms with Gasteiger partial charge in [0.15, 0.2) is 16.7 Å². The van der Waals surface area contributed by atoms with E-state index in [0.717, 1.165) is 11.1 Å². The number of ether oxygens (including phenoxy) is 1. The van der Waals surface area contributed by atoms with Crippen molar-refractivity contribution in [1.82, 2.24) is 5.32 Å². The van der Waals surface area contributed by atoms with Gasteiger partial charge < -0.3 is 15.2 Å². The highest BCUT2D eigenvalue weighted by Crippen LogP contribution is 2.30. The Bertz CT molecular complexity index is 899. The number of carbonyl (C=O) groups excluding carboxylic acids is 1. The average Bonchev–Trinajstić information content (AvgIpc) is 2.93. The number of aliphatic imine (C=N–C) groups is 1. The van der Waals surface area contributed by atoms with Gasteiger partial charge in [0.05, 0.1) is 18.6 Å². The first-order chi connectivity index (χ1) is 12.4. The van der Waals surface area contributed by atoms with Crippen LogP contribution in [-0.2, 0) is 11.3 Å². The highest BCUT2D eigenvalue weighted by atomic mass is 32.2. The summed E-state index contributed by atoms with van der Waals surface area (Å²) in [4.78, 5) is 17.2. The lowest BCUT2D eigenvalue weighted by atomic mass is 10.1. The number of hydrogen-bond donors (Lipinski definition) is 2. The molecule has 2 N–H and O–H groups in total. The van der Waals surface area contributed by atoms with Crippen LogP contribution in [0.1, 0.15) is 22.3 Å². The van der Waals surface area contributed by atoms with Crippen molar-refractivity contribution in [2.45, 2.75) is 20.4 Å². The van der Waals surface area contributed by atoms with Crippen molar-refractivity contribution < 1.29 is 14.6 Å². The van der Waals surface area contributed by atoms with Crippen molar-refractivity contribution in [2.75, 3.05) is 7.11 Å². The number of aryl methyl sites for hydroxylation is 2. The Labute approximate surface area is 156 Å². The molecule has 2 aromatic rings. The van der Waals surface area contributed by atoms with Crippen molar-refractivity contribution in [1.29, 1.82) is 0 Å². The molecule has 0 unspecified atom stereocenters. The lowest BCUT2D eigenvalue weighted by Crippen LogP contribution is -2.19. The number of amides is 1. The van der Waals surface area contributed by atoms with E-state index >= 15 is 0 Å². The molecule has 3 rings (SSSR count). The van der Waals surface area contributed by atoms with Crippen LogP contribution in [0.25, 0.3) is 6.08 Å². The van der Waals surface area contributed by atoms with Gasteiger partial charge in [-0.05, 0) is 54.9 Å². The number of benzene rings is 2. The van der Waals surface area contributed by atoms with E-state index < -0.39 is 0 Å². The topological polar surface area (TPSA) is 70.9 Å². The number of hydrogen-bond acceptors (Lipinski definition) is 5. The Morgan fingerprint density at radius 2 is 1.92 bits per heavy atom. The molecular weight excluding hydrogens is 348 g/mol. The fourth-order valence-electron chi connectivity index (χ4n) is 2.76. The van der Waals surface area contributed by atoms with Crippen molar-refractivity contribution in [2.24, 2.45) is 4.99 Å². The van der Waals surface area contributed by atoms with E-state index in [4.69, 9.17) is 4.74 Å². The minimum Gasteiger partial charge on any atom is -0.504 e. The molecule has 134 valence electrons. The van der Waals surface area contributed by atoms with Gasteiger partial charge in [0, 0.05) is 0 Å². The fraction of sp³-hybridized carbons (Fsp3) is 0.200. The number of thioether (sulfide) groups is 1. The molecule has 0 atom stereocenters. The van der Waals surface area contributed by atoms with E-state index in [1.807, 2.05) is 0 Å². The zero-order chi connectivity index (χ0) is 18.7. The van der Waals surface area contributed by atoms with Crippen LogP contribution in [0.2, 0.25) is 0 Å². The Morgan fingerprint density at radius 3 is 2.62 bits per heavy atom. The van der Waals surface area contributed by atoms with E-state index in [9.17, 15) is 9.90 Å². The van der Waals surface area contributed by atoms with Gasteiger partial charge >= 0.3 is 0 Å². The Morgan fingerprint density at radius 1 is 1.19 bits per heavy atom. The molecule has 0 bridgehead atoms. The average molecular weight is 368 g/mol. The van der Waals surface area contributed by atoms with Gasteiger partial charge in [-0.25, -0.2) is 0 Å².